The van der Waals surface area contributed by atoms with Crippen LogP contribution in [0.3, 0.4) is 0 Å². The zero-order valence-electron chi connectivity index (χ0n) is 11.8. The molecule has 0 aliphatic carbocycles. The molecule has 1 amide bonds. The average molecular weight is 385 g/mol. The van der Waals surface area contributed by atoms with Gasteiger partial charge in [-0.2, -0.15) is 0 Å². The highest BCUT2D eigenvalue weighted by Crippen LogP contribution is 2.37. The van der Waals surface area contributed by atoms with Gasteiger partial charge in [0.15, 0.2) is 5.82 Å². The van der Waals surface area contributed by atoms with Crippen molar-refractivity contribution in [3.8, 4) is 0 Å². The third-order valence-corrected chi connectivity index (χ3v) is 5.53. The highest BCUT2D eigenvalue weighted by atomic mass is 79.9. The zero-order chi connectivity index (χ0) is 15.4. The highest BCUT2D eigenvalue weighted by molar-refractivity contribution is 9.10. The second-order valence-electron chi connectivity index (χ2n) is 5.92. The van der Waals surface area contributed by atoms with Gasteiger partial charge in [0.25, 0.3) is 0 Å². The van der Waals surface area contributed by atoms with Crippen LogP contribution in [0, 0.1) is 0 Å². The second-order valence-corrected chi connectivity index (χ2v) is 7.06. The minimum absolute atomic E-state index is 0.163. The fourth-order valence-corrected chi connectivity index (χ4v) is 4.42. The summed E-state index contributed by atoms with van der Waals surface area (Å²) >= 11 is 9.76. The summed E-state index contributed by atoms with van der Waals surface area (Å²) < 4.78 is 2.49. The number of rotatable bonds is 1. The van der Waals surface area contributed by atoms with Crippen molar-refractivity contribution in [2.24, 2.45) is 0 Å². The summed E-state index contributed by atoms with van der Waals surface area (Å²) in [6.07, 6.45) is 5.20. The Bertz CT molecular complexity index is 776. The van der Waals surface area contributed by atoms with Crippen molar-refractivity contribution in [3.63, 3.8) is 0 Å². The van der Waals surface area contributed by atoms with Gasteiger partial charge in [0, 0.05) is 24.9 Å². The standard InChI is InChI=1S/C14H15BrClN5O/c15-12-11-13(17)18-5-9(16)21(11)14(19-12)7-1-2-8-3-4-10(22)20(8)6-7/h5,7-8H,1-4,6H2,(H2,17,18). The first-order valence-electron chi connectivity index (χ1n) is 7.33. The summed E-state index contributed by atoms with van der Waals surface area (Å²) in [5.41, 5.74) is 6.64. The normalized spacial score (nSPS) is 25.0. The number of hydrogen-bond acceptors (Lipinski definition) is 4. The lowest BCUT2D eigenvalue weighted by Crippen LogP contribution is -2.41. The molecular weight excluding hydrogens is 370 g/mol. The largest absolute Gasteiger partial charge is 0.382 e. The van der Waals surface area contributed by atoms with Crippen molar-refractivity contribution in [2.45, 2.75) is 37.6 Å². The lowest BCUT2D eigenvalue weighted by atomic mass is 9.93. The maximum Gasteiger partial charge on any atom is 0.222 e. The van der Waals surface area contributed by atoms with Crippen LogP contribution in [0.4, 0.5) is 5.82 Å². The average Bonchev–Trinajstić information content (AvgIpc) is 3.05. The Hall–Kier alpha value is -1.34. The molecule has 8 heteroatoms. The first kappa shape index (κ1) is 14.3. The number of carbonyl (C=O) groups excluding carboxylic acids is 1. The van der Waals surface area contributed by atoms with Gasteiger partial charge in [-0.05, 0) is 35.2 Å². The molecule has 22 heavy (non-hydrogen) atoms. The summed E-state index contributed by atoms with van der Waals surface area (Å²) in [6, 6.07) is 0.403. The number of piperidine rings is 1. The topological polar surface area (TPSA) is 76.5 Å². The SMILES string of the molecule is Nc1ncc(Cl)n2c(C3CCC4CCC(=O)N4C3)nc(Br)c12. The molecule has 0 saturated carbocycles. The molecular formula is C14H15BrClN5O. The quantitative estimate of drug-likeness (QED) is 0.820. The predicted octanol–water partition coefficient (Wildman–Crippen LogP) is 2.60. The number of imidazole rings is 1. The van der Waals surface area contributed by atoms with E-state index in [4.69, 9.17) is 17.3 Å². The third-order valence-electron chi connectivity index (χ3n) is 4.71. The molecule has 4 rings (SSSR count). The summed E-state index contributed by atoms with van der Waals surface area (Å²) in [6.45, 7) is 0.702. The first-order valence-corrected chi connectivity index (χ1v) is 8.50. The van der Waals surface area contributed by atoms with E-state index in [9.17, 15) is 4.79 Å². The van der Waals surface area contributed by atoms with E-state index in [0.717, 1.165) is 25.1 Å². The Morgan fingerprint density at radius 3 is 3.00 bits per heavy atom. The molecule has 0 radical (unpaired) electrons. The van der Waals surface area contributed by atoms with Gasteiger partial charge < -0.3 is 10.6 Å². The molecule has 2 saturated heterocycles. The Morgan fingerprint density at radius 2 is 2.18 bits per heavy atom. The van der Waals surface area contributed by atoms with Crippen LogP contribution in [-0.4, -0.2) is 37.8 Å². The van der Waals surface area contributed by atoms with Gasteiger partial charge in [-0.1, -0.05) is 11.6 Å². The Labute approximate surface area is 140 Å². The fourth-order valence-electron chi connectivity index (χ4n) is 3.64. The number of amides is 1. The van der Waals surface area contributed by atoms with E-state index in [0.29, 0.717) is 40.1 Å². The molecule has 0 bridgehead atoms. The molecule has 2 aliphatic heterocycles. The van der Waals surface area contributed by atoms with E-state index in [1.165, 1.54) is 6.20 Å². The van der Waals surface area contributed by atoms with Crippen molar-refractivity contribution >= 4 is 44.8 Å². The molecule has 2 aromatic heterocycles. The maximum atomic E-state index is 12.0. The third kappa shape index (κ3) is 2.02. The Balaban J connectivity index is 1.79. The van der Waals surface area contributed by atoms with Gasteiger partial charge in [0.2, 0.25) is 5.91 Å². The second kappa shape index (κ2) is 5.09. The number of nitrogens with two attached hydrogens (primary N) is 1. The summed E-state index contributed by atoms with van der Waals surface area (Å²) in [7, 11) is 0. The predicted molar refractivity (Wildman–Crippen MR) is 86.8 cm³/mol. The Kier molecular flexibility index (Phi) is 3.30. The van der Waals surface area contributed by atoms with Gasteiger partial charge in [-0.15, -0.1) is 0 Å². The minimum atomic E-state index is 0.163. The van der Waals surface area contributed by atoms with Crippen LogP contribution >= 0.6 is 27.5 Å². The van der Waals surface area contributed by atoms with Gasteiger partial charge >= 0.3 is 0 Å². The van der Waals surface area contributed by atoms with Gasteiger partial charge in [-0.3, -0.25) is 9.20 Å². The van der Waals surface area contributed by atoms with Crippen molar-refractivity contribution in [3.05, 3.63) is 21.8 Å². The molecule has 6 nitrogen and oxygen atoms in total. The van der Waals surface area contributed by atoms with E-state index in [-0.39, 0.29) is 11.8 Å². The summed E-state index contributed by atoms with van der Waals surface area (Å²) in [4.78, 5) is 22.7. The van der Waals surface area contributed by atoms with Crippen molar-refractivity contribution in [1.29, 1.82) is 0 Å². The zero-order valence-corrected chi connectivity index (χ0v) is 14.1. The lowest BCUT2D eigenvalue weighted by molar-refractivity contribution is -0.130. The number of fused-ring (bicyclic) bond motifs is 2. The summed E-state index contributed by atoms with van der Waals surface area (Å²) in [5.74, 6) is 1.65. The molecule has 4 heterocycles. The molecule has 2 N–H and O–H groups in total. The van der Waals surface area contributed by atoms with Gasteiger partial charge in [0.1, 0.15) is 21.1 Å². The number of halogens is 2. The van der Waals surface area contributed by atoms with Crippen LogP contribution in [0.1, 0.15) is 37.4 Å². The molecule has 116 valence electrons. The van der Waals surface area contributed by atoms with Crippen LogP contribution in [-0.2, 0) is 4.79 Å². The van der Waals surface area contributed by atoms with E-state index in [2.05, 4.69) is 25.9 Å². The summed E-state index contributed by atoms with van der Waals surface area (Å²) in [5, 5.41) is 0.479. The fraction of sp³-hybridized carbons (Fsp3) is 0.500. The van der Waals surface area contributed by atoms with E-state index in [1.807, 2.05) is 9.30 Å². The van der Waals surface area contributed by atoms with Crippen LogP contribution in [0.2, 0.25) is 5.15 Å². The molecule has 2 aliphatic rings. The van der Waals surface area contributed by atoms with Crippen molar-refractivity contribution < 1.29 is 4.79 Å². The molecule has 2 unspecified atom stereocenters. The molecule has 2 atom stereocenters. The number of anilines is 1. The monoisotopic (exact) mass is 383 g/mol. The maximum absolute atomic E-state index is 12.0. The molecule has 2 aromatic rings. The lowest BCUT2D eigenvalue weighted by Gasteiger charge is -2.34. The van der Waals surface area contributed by atoms with Gasteiger partial charge in [-0.25, -0.2) is 9.97 Å². The van der Waals surface area contributed by atoms with Crippen LogP contribution in [0.5, 0.6) is 0 Å². The Morgan fingerprint density at radius 1 is 1.36 bits per heavy atom. The number of hydrogen-bond donors (Lipinski definition) is 1. The number of nitrogen functional groups attached to an aromatic ring is 1. The van der Waals surface area contributed by atoms with Crippen molar-refractivity contribution in [1.82, 2.24) is 19.3 Å². The van der Waals surface area contributed by atoms with Crippen LogP contribution < -0.4 is 5.73 Å². The van der Waals surface area contributed by atoms with Crippen LogP contribution in [0.25, 0.3) is 5.52 Å². The molecule has 0 aromatic carbocycles. The van der Waals surface area contributed by atoms with E-state index in [1.54, 1.807) is 0 Å². The first-order chi connectivity index (χ1) is 10.6. The van der Waals surface area contributed by atoms with Gasteiger partial charge in [0.05, 0.1) is 6.20 Å². The van der Waals surface area contributed by atoms with E-state index < -0.39 is 0 Å². The number of nitrogens with zero attached hydrogens (tertiary/aromatic N) is 4. The van der Waals surface area contributed by atoms with Crippen molar-refractivity contribution in [2.75, 3.05) is 12.3 Å². The minimum Gasteiger partial charge on any atom is -0.382 e. The van der Waals surface area contributed by atoms with E-state index >= 15 is 0 Å². The van der Waals surface area contributed by atoms with Crippen LogP contribution in [0.15, 0.2) is 10.8 Å². The highest BCUT2D eigenvalue weighted by Gasteiger charge is 2.38. The molecule has 0 spiro atoms. The molecule has 2 fully saturated rings. The number of aromatic nitrogens is 3. The smallest absolute Gasteiger partial charge is 0.222 e. The number of carbonyl (C=O) groups is 1.